The molecule has 1 rings (SSSR count). The van der Waals surface area contributed by atoms with Gasteiger partial charge in [-0.25, -0.2) is 9.18 Å². The summed E-state index contributed by atoms with van der Waals surface area (Å²) in [7, 11) is 0. The Balaban J connectivity index is 2.94. The van der Waals surface area contributed by atoms with Crippen molar-refractivity contribution in [3.05, 3.63) is 29.6 Å². The summed E-state index contributed by atoms with van der Waals surface area (Å²) in [4.78, 5) is 11.7. The van der Waals surface area contributed by atoms with Gasteiger partial charge in [0.05, 0.1) is 0 Å². The van der Waals surface area contributed by atoms with E-state index in [1.165, 1.54) is 12.1 Å². The number of ether oxygens (including phenoxy) is 1. The SMILES string of the molecule is CC(C)(C)OC(=O)Nc1ccc(F)c(C(C)(C)CN)c1. The van der Waals surface area contributed by atoms with Gasteiger partial charge < -0.3 is 10.5 Å². The van der Waals surface area contributed by atoms with Crippen molar-refractivity contribution in [2.75, 3.05) is 11.9 Å². The summed E-state index contributed by atoms with van der Waals surface area (Å²) in [6.45, 7) is 9.34. The topological polar surface area (TPSA) is 64.3 Å². The van der Waals surface area contributed by atoms with Gasteiger partial charge in [0, 0.05) is 17.6 Å². The van der Waals surface area contributed by atoms with Crippen LogP contribution in [-0.2, 0) is 10.2 Å². The fourth-order valence-electron chi connectivity index (χ4n) is 1.65. The standard InChI is InChI=1S/C15H23FN2O2/c1-14(2,3)20-13(19)18-10-6-7-12(16)11(8-10)15(4,5)9-17/h6-8H,9,17H2,1-5H3,(H,18,19). The quantitative estimate of drug-likeness (QED) is 0.893. The van der Waals surface area contributed by atoms with E-state index in [-0.39, 0.29) is 5.82 Å². The number of hydrogen-bond donors (Lipinski definition) is 2. The molecule has 0 aromatic heterocycles. The molecule has 0 aliphatic heterocycles. The van der Waals surface area contributed by atoms with Crippen molar-refractivity contribution in [3.8, 4) is 0 Å². The van der Waals surface area contributed by atoms with E-state index in [1.54, 1.807) is 26.8 Å². The van der Waals surface area contributed by atoms with E-state index in [4.69, 9.17) is 10.5 Å². The third-order valence-corrected chi connectivity index (χ3v) is 2.85. The number of carbonyl (C=O) groups excluding carboxylic acids is 1. The van der Waals surface area contributed by atoms with Crippen LogP contribution in [0, 0.1) is 5.82 Å². The Morgan fingerprint density at radius 1 is 1.30 bits per heavy atom. The molecule has 5 heteroatoms. The van der Waals surface area contributed by atoms with E-state index in [9.17, 15) is 9.18 Å². The smallest absolute Gasteiger partial charge is 0.412 e. The van der Waals surface area contributed by atoms with Crippen molar-refractivity contribution < 1.29 is 13.9 Å². The summed E-state index contributed by atoms with van der Waals surface area (Å²) in [5, 5.41) is 2.59. The van der Waals surface area contributed by atoms with Crippen molar-refractivity contribution in [3.63, 3.8) is 0 Å². The molecule has 4 nitrogen and oxygen atoms in total. The maximum absolute atomic E-state index is 13.9. The molecule has 0 aliphatic carbocycles. The van der Waals surface area contributed by atoms with Crippen LogP contribution in [0.3, 0.4) is 0 Å². The predicted octanol–water partition coefficient (Wildman–Crippen LogP) is 3.41. The lowest BCUT2D eigenvalue weighted by Crippen LogP contribution is -2.30. The van der Waals surface area contributed by atoms with Gasteiger partial charge in [-0.05, 0) is 44.5 Å². The Labute approximate surface area is 119 Å². The fourth-order valence-corrected chi connectivity index (χ4v) is 1.65. The molecule has 0 unspecified atom stereocenters. The van der Waals surface area contributed by atoms with E-state index >= 15 is 0 Å². The van der Waals surface area contributed by atoms with Gasteiger partial charge in [-0.1, -0.05) is 13.8 Å². The maximum atomic E-state index is 13.9. The zero-order valence-corrected chi connectivity index (χ0v) is 12.7. The number of rotatable bonds is 3. The molecule has 0 saturated heterocycles. The van der Waals surface area contributed by atoms with Gasteiger partial charge in [-0.2, -0.15) is 0 Å². The summed E-state index contributed by atoms with van der Waals surface area (Å²) in [5.41, 5.74) is 5.53. The molecule has 0 aliphatic rings. The lowest BCUT2D eigenvalue weighted by molar-refractivity contribution is 0.0636. The molecule has 1 amide bonds. The van der Waals surface area contributed by atoms with Crippen molar-refractivity contribution >= 4 is 11.8 Å². The van der Waals surface area contributed by atoms with Crippen molar-refractivity contribution in [2.45, 2.75) is 45.6 Å². The van der Waals surface area contributed by atoms with Crippen LogP contribution < -0.4 is 11.1 Å². The number of benzene rings is 1. The molecule has 0 atom stereocenters. The molecular formula is C15H23FN2O2. The number of amides is 1. The van der Waals surface area contributed by atoms with E-state index < -0.39 is 17.1 Å². The number of nitrogens with one attached hydrogen (secondary N) is 1. The third kappa shape index (κ3) is 4.49. The molecule has 0 bridgehead atoms. The van der Waals surface area contributed by atoms with Crippen LogP contribution in [0.5, 0.6) is 0 Å². The average molecular weight is 282 g/mol. The Bertz CT molecular complexity index is 493. The lowest BCUT2D eigenvalue weighted by Gasteiger charge is -2.24. The molecule has 3 N–H and O–H groups in total. The molecule has 20 heavy (non-hydrogen) atoms. The Morgan fingerprint density at radius 2 is 1.90 bits per heavy atom. The van der Waals surface area contributed by atoms with E-state index in [2.05, 4.69) is 5.32 Å². The lowest BCUT2D eigenvalue weighted by atomic mass is 9.84. The van der Waals surface area contributed by atoms with Gasteiger partial charge in [0.25, 0.3) is 0 Å². The highest BCUT2D eigenvalue weighted by Crippen LogP contribution is 2.27. The van der Waals surface area contributed by atoms with Gasteiger partial charge >= 0.3 is 6.09 Å². The molecule has 0 heterocycles. The minimum Gasteiger partial charge on any atom is -0.444 e. The monoisotopic (exact) mass is 282 g/mol. The summed E-state index contributed by atoms with van der Waals surface area (Å²) in [5.74, 6) is -0.338. The number of anilines is 1. The molecule has 0 radical (unpaired) electrons. The largest absolute Gasteiger partial charge is 0.444 e. The summed E-state index contributed by atoms with van der Waals surface area (Å²) in [6, 6.07) is 4.40. The first-order valence-electron chi connectivity index (χ1n) is 6.55. The second-order valence-electron chi connectivity index (χ2n) is 6.41. The van der Waals surface area contributed by atoms with Crippen LogP contribution in [-0.4, -0.2) is 18.2 Å². The molecular weight excluding hydrogens is 259 g/mol. The Morgan fingerprint density at radius 3 is 2.40 bits per heavy atom. The van der Waals surface area contributed by atoms with Crippen LogP contribution >= 0.6 is 0 Å². The third-order valence-electron chi connectivity index (χ3n) is 2.85. The zero-order chi connectivity index (χ0) is 15.6. The first-order chi connectivity index (χ1) is 9.05. The first-order valence-corrected chi connectivity index (χ1v) is 6.55. The number of nitrogens with two attached hydrogens (primary N) is 1. The molecule has 0 fully saturated rings. The van der Waals surface area contributed by atoms with Crippen molar-refractivity contribution in [2.24, 2.45) is 5.73 Å². The minimum absolute atomic E-state index is 0.305. The van der Waals surface area contributed by atoms with Crippen molar-refractivity contribution in [1.29, 1.82) is 0 Å². The van der Waals surface area contributed by atoms with Crippen LogP contribution in [0.4, 0.5) is 14.9 Å². The average Bonchev–Trinajstić information content (AvgIpc) is 2.29. The molecule has 1 aromatic rings. The molecule has 112 valence electrons. The van der Waals surface area contributed by atoms with E-state index in [0.717, 1.165) is 0 Å². The highest BCUT2D eigenvalue weighted by Gasteiger charge is 2.23. The van der Waals surface area contributed by atoms with Gasteiger partial charge in [-0.15, -0.1) is 0 Å². The Kier molecular flexibility index (Phi) is 4.76. The van der Waals surface area contributed by atoms with Gasteiger partial charge in [0.2, 0.25) is 0 Å². The highest BCUT2D eigenvalue weighted by atomic mass is 19.1. The number of halogens is 1. The summed E-state index contributed by atoms with van der Waals surface area (Å²) in [6.07, 6.45) is -0.569. The second-order valence-corrected chi connectivity index (χ2v) is 6.41. The molecule has 1 aromatic carbocycles. The zero-order valence-electron chi connectivity index (χ0n) is 12.7. The van der Waals surface area contributed by atoms with Gasteiger partial charge in [0.1, 0.15) is 11.4 Å². The van der Waals surface area contributed by atoms with Crippen LogP contribution in [0.15, 0.2) is 18.2 Å². The summed E-state index contributed by atoms with van der Waals surface area (Å²) < 4.78 is 19.0. The fraction of sp³-hybridized carbons (Fsp3) is 0.533. The minimum atomic E-state index is -0.580. The number of carbonyl (C=O) groups is 1. The van der Waals surface area contributed by atoms with Gasteiger partial charge in [-0.3, -0.25) is 5.32 Å². The number of hydrogen-bond acceptors (Lipinski definition) is 3. The van der Waals surface area contributed by atoms with E-state index in [0.29, 0.717) is 17.8 Å². The van der Waals surface area contributed by atoms with Crippen LogP contribution in [0.1, 0.15) is 40.2 Å². The maximum Gasteiger partial charge on any atom is 0.412 e. The molecule has 0 saturated carbocycles. The Hall–Kier alpha value is -1.62. The van der Waals surface area contributed by atoms with Gasteiger partial charge in [0.15, 0.2) is 0 Å². The molecule has 0 spiro atoms. The van der Waals surface area contributed by atoms with Crippen LogP contribution in [0.25, 0.3) is 0 Å². The highest BCUT2D eigenvalue weighted by molar-refractivity contribution is 5.85. The van der Waals surface area contributed by atoms with E-state index in [1.807, 2.05) is 13.8 Å². The summed E-state index contributed by atoms with van der Waals surface area (Å²) >= 11 is 0. The normalized spacial score (nSPS) is 12.2. The first kappa shape index (κ1) is 16.4. The van der Waals surface area contributed by atoms with Crippen LogP contribution in [0.2, 0.25) is 0 Å². The predicted molar refractivity (Wildman–Crippen MR) is 78.3 cm³/mol. The second kappa shape index (κ2) is 5.79. The van der Waals surface area contributed by atoms with Crippen molar-refractivity contribution in [1.82, 2.24) is 0 Å².